The lowest BCUT2D eigenvalue weighted by Gasteiger charge is -2.23. The van der Waals surface area contributed by atoms with E-state index in [9.17, 15) is 13.2 Å². The fourth-order valence-corrected chi connectivity index (χ4v) is 5.62. The number of hydrogen-bond acceptors (Lipinski definition) is 5. The summed E-state index contributed by atoms with van der Waals surface area (Å²) < 4.78 is 45.0. The Morgan fingerprint density at radius 3 is 2.71 bits per heavy atom. The molecule has 164 valence electrons. The minimum Gasteiger partial charge on any atom is -0.370 e. The Balaban J connectivity index is 1.55. The number of morpholine rings is 1. The first kappa shape index (κ1) is 20.7. The number of aryl methyl sites for hydroxylation is 2. The Bertz CT molecular complexity index is 1090. The van der Waals surface area contributed by atoms with Crippen LogP contribution in [-0.2, 0) is 30.3 Å². The molecule has 2 N–H and O–H groups in total. The highest BCUT2D eigenvalue weighted by Crippen LogP contribution is 2.40. The summed E-state index contributed by atoms with van der Waals surface area (Å²) in [7, 11) is 0. The van der Waals surface area contributed by atoms with E-state index in [4.69, 9.17) is 14.7 Å². The third-order valence-corrected chi connectivity index (χ3v) is 7.11. The first-order valence-electron chi connectivity index (χ1n) is 10.6. The van der Waals surface area contributed by atoms with Crippen molar-refractivity contribution < 1.29 is 22.8 Å². The van der Waals surface area contributed by atoms with E-state index in [-0.39, 0.29) is 0 Å². The van der Waals surface area contributed by atoms with Crippen LogP contribution in [-0.4, -0.2) is 36.3 Å². The van der Waals surface area contributed by atoms with Gasteiger partial charge in [0.05, 0.1) is 24.2 Å². The molecule has 2 aromatic heterocycles. The van der Waals surface area contributed by atoms with Gasteiger partial charge in [0.15, 0.2) is 5.82 Å². The highest BCUT2D eigenvalue weighted by atomic mass is 32.1. The summed E-state index contributed by atoms with van der Waals surface area (Å²) in [6, 6.07) is 5.29. The van der Waals surface area contributed by atoms with Crippen LogP contribution in [0, 0.1) is 0 Å². The molecule has 1 aromatic carbocycles. The van der Waals surface area contributed by atoms with E-state index in [0.29, 0.717) is 18.1 Å². The molecule has 0 atom stereocenters. The van der Waals surface area contributed by atoms with Gasteiger partial charge in [0.25, 0.3) is 0 Å². The summed E-state index contributed by atoms with van der Waals surface area (Å²) in [6.07, 6.45) is -0.117. The highest BCUT2D eigenvalue weighted by molar-refractivity contribution is 7.19. The van der Waals surface area contributed by atoms with Crippen LogP contribution in [0.3, 0.4) is 0 Å². The number of halogens is 3. The first-order chi connectivity index (χ1) is 15.0. The molecule has 31 heavy (non-hydrogen) atoms. The van der Waals surface area contributed by atoms with Gasteiger partial charge in [-0.25, -0.2) is 9.97 Å². The van der Waals surface area contributed by atoms with Gasteiger partial charge in [0.1, 0.15) is 30.3 Å². The van der Waals surface area contributed by atoms with E-state index < -0.39 is 11.7 Å². The monoisotopic (exact) mass is 449 g/mol. The van der Waals surface area contributed by atoms with Gasteiger partial charge in [0, 0.05) is 10.6 Å². The van der Waals surface area contributed by atoms with E-state index in [1.165, 1.54) is 21.4 Å². The van der Waals surface area contributed by atoms with Crippen LogP contribution < -0.4 is 10.2 Å². The molecule has 5 rings (SSSR count). The SMILES string of the molecule is FC(F)(F)c1cccc(Nc2nc(C[NH+]3CCOCC3)nc3sc4c(c23)CCCC4)c1. The number of anilines is 2. The average molecular weight is 450 g/mol. The van der Waals surface area contributed by atoms with E-state index in [1.54, 1.807) is 17.4 Å². The molecule has 1 saturated heterocycles. The summed E-state index contributed by atoms with van der Waals surface area (Å²) in [5, 5.41) is 4.17. The smallest absolute Gasteiger partial charge is 0.370 e. The topological polar surface area (TPSA) is 51.5 Å². The van der Waals surface area contributed by atoms with E-state index >= 15 is 0 Å². The lowest BCUT2D eigenvalue weighted by molar-refractivity contribution is -0.922. The van der Waals surface area contributed by atoms with Crippen LogP contribution in [0.5, 0.6) is 0 Å². The van der Waals surface area contributed by atoms with E-state index in [1.807, 2.05) is 0 Å². The Kier molecular flexibility index (Phi) is 5.58. The molecule has 0 bridgehead atoms. The molecular weight excluding hydrogens is 425 g/mol. The Morgan fingerprint density at radius 2 is 1.90 bits per heavy atom. The van der Waals surface area contributed by atoms with Gasteiger partial charge in [-0.1, -0.05) is 6.07 Å². The van der Waals surface area contributed by atoms with E-state index in [2.05, 4.69) is 5.32 Å². The third-order valence-electron chi connectivity index (χ3n) is 5.92. The highest BCUT2D eigenvalue weighted by Gasteiger charge is 2.30. The van der Waals surface area contributed by atoms with Gasteiger partial charge >= 0.3 is 6.18 Å². The molecule has 0 amide bonds. The number of nitrogens with zero attached hydrogens (tertiary/aromatic N) is 2. The number of aromatic nitrogens is 2. The molecule has 0 saturated carbocycles. The number of nitrogens with one attached hydrogen (secondary N) is 2. The van der Waals surface area contributed by atoms with Crippen molar-refractivity contribution >= 4 is 33.1 Å². The maximum atomic E-state index is 13.2. The van der Waals surface area contributed by atoms with Crippen LogP contribution in [0.4, 0.5) is 24.7 Å². The van der Waals surface area contributed by atoms with Crippen molar-refractivity contribution in [1.29, 1.82) is 0 Å². The molecule has 0 unspecified atom stereocenters. The maximum Gasteiger partial charge on any atom is 0.416 e. The molecule has 3 aromatic rings. The molecule has 5 nitrogen and oxygen atoms in total. The molecule has 2 aliphatic rings. The van der Waals surface area contributed by atoms with E-state index in [0.717, 1.165) is 80.2 Å². The second-order valence-electron chi connectivity index (χ2n) is 8.12. The standard InChI is InChI=1S/C22H23F3N4OS/c23-22(24,25)14-4-3-5-15(12-14)26-20-19-16-6-1-2-7-17(16)31-21(19)28-18(27-20)13-29-8-10-30-11-9-29/h3-5,12H,1-2,6-11,13H2,(H,26,27,28)/p+1. The number of thiophene rings is 1. The average Bonchev–Trinajstić information content (AvgIpc) is 3.13. The minimum atomic E-state index is -4.38. The minimum absolute atomic E-state index is 0.384. The second kappa shape index (κ2) is 8.37. The van der Waals surface area contributed by atoms with Gasteiger partial charge in [-0.05, 0) is 49.4 Å². The quantitative estimate of drug-likeness (QED) is 0.637. The molecule has 1 fully saturated rings. The maximum absolute atomic E-state index is 13.2. The van der Waals surface area contributed by atoms with Crippen LogP contribution in [0.25, 0.3) is 10.2 Å². The van der Waals surface area contributed by atoms with Crippen molar-refractivity contribution in [2.75, 3.05) is 31.6 Å². The zero-order chi connectivity index (χ0) is 21.4. The number of hydrogen-bond donors (Lipinski definition) is 2. The normalized spacial score (nSPS) is 17.6. The molecule has 0 radical (unpaired) electrons. The lowest BCUT2D eigenvalue weighted by Crippen LogP contribution is -3.12. The Labute approximate surface area is 182 Å². The summed E-state index contributed by atoms with van der Waals surface area (Å²) in [6.45, 7) is 3.93. The number of rotatable bonds is 4. The number of quaternary nitrogens is 1. The van der Waals surface area contributed by atoms with Crippen LogP contribution >= 0.6 is 11.3 Å². The van der Waals surface area contributed by atoms with Crippen LogP contribution in [0.1, 0.15) is 34.7 Å². The van der Waals surface area contributed by atoms with Crippen molar-refractivity contribution in [3.8, 4) is 0 Å². The summed E-state index contributed by atoms with van der Waals surface area (Å²) >= 11 is 1.70. The van der Waals surface area contributed by atoms with Crippen molar-refractivity contribution in [1.82, 2.24) is 9.97 Å². The third kappa shape index (κ3) is 4.40. The molecular formula is C22H24F3N4OS+. The van der Waals surface area contributed by atoms with Crippen molar-refractivity contribution in [2.45, 2.75) is 38.4 Å². The number of benzene rings is 1. The van der Waals surface area contributed by atoms with Gasteiger partial charge in [-0.15, -0.1) is 11.3 Å². The number of alkyl halides is 3. The van der Waals surface area contributed by atoms with Gasteiger partial charge in [-0.2, -0.15) is 13.2 Å². The fourth-order valence-electron chi connectivity index (χ4n) is 4.34. The number of fused-ring (bicyclic) bond motifs is 3. The van der Waals surface area contributed by atoms with Crippen molar-refractivity contribution in [2.24, 2.45) is 0 Å². The van der Waals surface area contributed by atoms with Gasteiger partial charge < -0.3 is 15.0 Å². The second-order valence-corrected chi connectivity index (χ2v) is 9.21. The van der Waals surface area contributed by atoms with Gasteiger partial charge in [0.2, 0.25) is 0 Å². The fraction of sp³-hybridized carbons (Fsp3) is 0.455. The lowest BCUT2D eigenvalue weighted by atomic mass is 9.97. The molecule has 1 aliphatic heterocycles. The van der Waals surface area contributed by atoms with Crippen molar-refractivity contribution in [3.05, 3.63) is 46.1 Å². The molecule has 9 heteroatoms. The Morgan fingerprint density at radius 1 is 1.10 bits per heavy atom. The molecule has 1 aliphatic carbocycles. The number of ether oxygens (including phenoxy) is 1. The largest absolute Gasteiger partial charge is 0.416 e. The summed E-state index contributed by atoms with van der Waals surface area (Å²) in [5.41, 5.74) is 0.967. The van der Waals surface area contributed by atoms with Crippen LogP contribution in [0.2, 0.25) is 0 Å². The zero-order valence-electron chi connectivity index (χ0n) is 17.0. The summed E-state index contributed by atoms with van der Waals surface area (Å²) in [4.78, 5) is 13.3. The zero-order valence-corrected chi connectivity index (χ0v) is 17.8. The predicted molar refractivity (Wildman–Crippen MR) is 114 cm³/mol. The van der Waals surface area contributed by atoms with Crippen molar-refractivity contribution in [3.63, 3.8) is 0 Å². The first-order valence-corrected chi connectivity index (χ1v) is 11.5. The molecule has 3 heterocycles. The summed E-state index contributed by atoms with van der Waals surface area (Å²) in [5.74, 6) is 1.34. The van der Waals surface area contributed by atoms with Crippen LogP contribution in [0.15, 0.2) is 24.3 Å². The Hall–Kier alpha value is -2.23. The predicted octanol–water partition coefficient (Wildman–Crippen LogP) is 3.75. The molecule has 0 spiro atoms. The van der Waals surface area contributed by atoms with Gasteiger partial charge in [-0.3, -0.25) is 0 Å².